The average Bonchev–Trinajstić information content (AvgIpc) is 3.12. The van der Waals surface area contributed by atoms with Gasteiger partial charge < -0.3 is 4.90 Å². The Balaban J connectivity index is 1.42. The fourth-order valence-electron chi connectivity index (χ4n) is 4.04. The van der Waals surface area contributed by atoms with Crippen LogP contribution < -0.4 is 4.90 Å². The van der Waals surface area contributed by atoms with E-state index in [0.717, 1.165) is 23.4 Å². The van der Waals surface area contributed by atoms with Gasteiger partial charge in [-0.1, -0.05) is 23.7 Å². The third-order valence-electron chi connectivity index (χ3n) is 6.07. The Morgan fingerprint density at radius 3 is 2.18 bits per heavy atom. The molecule has 0 saturated heterocycles. The molecular weight excluding hydrogens is 516 g/mol. The molecule has 0 aliphatic carbocycles. The smallest absolute Gasteiger partial charge is 0.305 e. The fourth-order valence-corrected chi connectivity index (χ4v) is 4.29. The molecule has 0 bridgehead atoms. The first kappa shape index (κ1) is 26.4. The van der Waals surface area contributed by atoms with Gasteiger partial charge in [-0.3, -0.25) is 34.7 Å². The van der Waals surface area contributed by atoms with Gasteiger partial charge in [0.05, 0.1) is 37.7 Å². The Kier molecular flexibility index (Phi) is 7.44. The molecule has 0 radical (unpaired) electrons. The molecule has 0 fully saturated rings. The number of benzene rings is 3. The number of amides is 2. The number of aryl methyl sites for hydroxylation is 1. The highest BCUT2D eigenvalue weighted by molar-refractivity contribution is 6.33. The van der Waals surface area contributed by atoms with Crippen LogP contribution in [-0.2, 0) is 0 Å². The van der Waals surface area contributed by atoms with Crippen molar-refractivity contribution >= 4 is 51.9 Å². The lowest BCUT2D eigenvalue weighted by Crippen LogP contribution is -2.32. The molecular formula is C25H21ClN6O6. The van der Waals surface area contributed by atoms with E-state index in [1.807, 2.05) is 18.0 Å². The molecule has 0 atom stereocenters. The molecule has 0 saturated carbocycles. The standard InChI is InChI=1S/C25H21ClN6O6/c1-15-12-16(29(2)10-5-11-30-24(33)18-6-3-4-7-19(18)25(30)34)8-9-21(15)27-28-23-20(26)13-17(31(35)36)14-22(23)32(37)38/h3-4,6-9,12-14H,5,10-11H2,1-2H3. The minimum Gasteiger partial charge on any atom is -0.375 e. The summed E-state index contributed by atoms with van der Waals surface area (Å²) in [6.07, 6.45) is 0.560. The maximum atomic E-state index is 12.5. The molecule has 4 rings (SSSR count). The summed E-state index contributed by atoms with van der Waals surface area (Å²) < 4.78 is 0. The average molecular weight is 537 g/mol. The zero-order valence-corrected chi connectivity index (χ0v) is 21.1. The molecule has 3 aromatic carbocycles. The van der Waals surface area contributed by atoms with Crippen molar-refractivity contribution in [1.82, 2.24) is 4.90 Å². The van der Waals surface area contributed by atoms with Crippen LogP contribution in [0.25, 0.3) is 0 Å². The van der Waals surface area contributed by atoms with Gasteiger partial charge in [0.1, 0.15) is 0 Å². The Hall–Kier alpha value is -4.71. The first-order valence-corrected chi connectivity index (χ1v) is 11.8. The molecule has 1 aliphatic rings. The molecule has 12 nitrogen and oxygen atoms in total. The van der Waals surface area contributed by atoms with Crippen molar-refractivity contribution in [3.8, 4) is 0 Å². The number of fused-ring (bicyclic) bond motifs is 1. The normalized spacial score (nSPS) is 12.8. The summed E-state index contributed by atoms with van der Waals surface area (Å²) in [5.41, 5.74) is 1.42. The number of nitro benzene ring substituents is 2. The van der Waals surface area contributed by atoms with E-state index in [-0.39, 0.29) is 29.1 Å². The van der Waals surface area contributed by atoms with Crippen molar-refractivity contribution in [2.45, 2.75) is 13.3 Å². The molecule has 2 amide bonds. The number of hydrogen-bond donors (Lipinski definition) is 0. The minimum absolute atomic E-state index is 0.262. The maximum Gasteiger partial charge on any atom is 0.305 e. The number of non-ortho nitro benzene ring substituents is 1. The quantitative estimate of drug-likeness (QED) is 0.141. The second kappa shape index (κ2) is 10.7. The highest BCUT2D eigenvalue weighted by Gasteiger charge is 2.34. The van der Waals surface area contributed by atoms with Crippen LogP contribution in [0.15, 0.2) is 64.8 Å². The Morgan fingerprint density at radius 1 is 0.947 bits per heavy atom. The van der Waals surface area contributed by atoms with E-state index in [1.54, 1.807) is 43.3 Å². The summed E-state index contributed by atoms with van der Waals surface area (Å²) in [5.74, 6) is -0.570. The number of carbonyl (C=O) groups excluding carboxylic acids is 2. The van der Waals surface area contributed by atoms with E-state index in [4.69, 9.17) is 11.6 Å². The largest absolute Gasteiger partial charge is 0.375 e. The number of carbonyl (C=O) groups is 2. The zero-order valence-electron chi connectivity index (χ0n) is 20.3. The van der Waals surface area contributed by atoms with E-state index in [0.29, 0.717) is 29.8 Å². The lowest BCUT2D eigenvalue weighted by molar-refractivity contribution is -0.393. The zero-order chi connectivity index (χ0) is 27.6. The van der Waals surface area contributed by atoms with Gasteiger partial charge in [-0.2, -0.15) is 0 Å². The number of rotatable bonds is 9. The van der Waals surface area contributed by atoms with E-state index in [9.17, 15) is 29.8 Å². The Morgan fingerprint density at radius 2 is 1.61 bits per heavy atom. The molecule has 0 aromatic heterocycles. The monoisotopic (exact) mass is 536 g/mol. The lowest BCUT2D eigenvalue weighted by atomic mass is 10.1. The number of nitro groups is 2. The van der Waals surface area contributed by atoms with Gasteiger partial charge in [0.15, 0.2) is 5.69 Å². The summed E-state index contributed by atoms with van der Waals surface area (Å²) in [6, 6.07) is 13.8. The molecule has 194 valence electrons. The van der Waals surface area contributed by atoms with Crippen LogP contribution in [-0.4, -0.2) is 46.7 Å². The van der Waals surface area contributed by atoms with Crippen LogP contribution in [0.3, 0.4) is 0 Å². The predicted octanol–water partition coefficient (Wildman–Crippen LogP) is 6.00. The van der Waals surface area contributed by atoms with Crippen molar-refractivity contribution in [3.63, 3.8) is 0 Å². The van der Waals surface area contributed by atoms with Crippen LogP contribution in [0, 0.1) is 27.2 Å². The highest BCUT2D eigenvalue weighted by atomic mass is 35.5. The molecule has 13 heteroatoms. The molecule has 0 N–H and O–H groups in total. The van der Waals surface area contributed by atoms with Gasteiger partial charge >= 0.3 is 5.69 Å². The SMILES string of the molecule is Cc1cc(N(C)CCCN2C(=O)c3ccccc3C2=O)ccc1N=Nc1c(Cl)cc([N+](=O)[O-])cc1[N+](=O)[O-]. The highest BCUT2D eigenvalue weighted by Crippen LogP contribution is 2.40. The molecule has 1 aliphatic heterocycles. The van der Waals surface area contributed by atoms with Gasteiger partial charge in [-0.15, -0.1) is 10.2 Å². The van der Waals surface area contributed by atoms with Gasteiger partial charge in [-0.25, -0.2) is 0 Å². The van der Waals surface area contributed by atoms with Gasteiger partial charge in [0.25, 0.3) is 17.5 Å². The predicted molar refractivity (Wildman–Crippen MR) is 140 cm³/mol. The second-order valence-electron chi connectivity index (χ2n) is 8.56. The number of halogens is 1. The van der Waals surface area contributed by atoms with Crippen molar-refractivity contribution < 1.29 is 19.4 Å². The van der Waals surface area contributed by atoms with Gasteiger partial charge in [-0.05, 0) is 49.2 Å². The number of imide groups is 1. The first-order valence-electron chi connectivity index (χ1n) is 11.4. The Bertz CT molecular complexity index is 1470. The first-order chi connectivity index (χ1) is 18.1. The van der Waals surface area contributed by atoms with Crippen molar-refractivity contribution in [2.75, 3.05) is 25.0 Å². The van der Waals surface area contributed by atoms with Crippen LogP contribution in [0.4, 0.5) is 28.4 Å². The molecule has 38 heavy (non-hydrogen) atoms. The molecule has 0 unspecified atom stereocenters. The van der Waals surface area contributed by atoms with Crippen molar-refractivity contribution in [3.05, 3.63) is 96.5 Å². The van der Waals surface area contributed by atoms with E-state index in [1.165, 1.54) is 4.90 Å². The van der Waals surface area contributed by atoms with E-state index < -0.39 is 21.2 Å². The molecule has 1 heterocycles. The van der Waals surface area contributed by atoms with Crippen LogP contribution in [0.5, 0.6) is 0 Å². The fraction of sp³-hybridized carbons (Fsp3) is 0.200. The van der Waals surface area contributed by atoms with Crippen molar-refractivity contribution in [2.24, 2.45) is 10.2 Å². The van der Waals surface area contributed by atoms with E-state index >= 15 is 0 Å². The number of anilines is 1. The van der Waals surface area contributed by atoms with Crippen molar-refractivity contribution in [1.29, 1.82) is 0 Å². The Labute approximate surface area is 221 Å². The van der Waals surface area contributed by atoms with Crippen LogP contribution in [0.2, 0.25) is 5.02 Å². The summed E-state index contributed by atoms with van der Waals surface area (Å²) in [4.78, 5) is 49.1. The maximum absolute atomic E-state index is 12.5. The van der Waals surface area contributed by atoms with Crippen LogP contribution in [0.1, 0.15) is 32.7 Å². The van der Waals surface area contributed by atoms with Gasteiger partial charge in [0.2, 0.25) is 0 Å². The number of nitrogens with zero attached hydrogens (tertiary/aromatic N) is 6. The summed E-state index contributed by atoms with van der Waals surface area (Å²) in [7, 11) is 1.87. The third kappa shape index (κ3) is 5.20. The molecule has 0 spiro atoms. The molecule has 3 aromatic rings. The summed E-state index contributed by atoms with van der Waals surface area (Å²) in [5, 5.41) is 30.1. The summed E-state index contributed by atoms with van der Waals surface area (Å²) in [6.45, 7) is 2.64. The lowest BCUT2D eigenvalue weighted by Gasteiger charge is -2.21. The summed E-state index contributed by atoms with van der Waals surface area (Å²) >= 11 is 6.02. The second-order valence-corrected chi connectivity index (χ2v) is 8.97. The minimum atomic E-state index is -0.805. The van der Waals surface area contributed by atoms with Crippen LogP contribution >= 0.6 is 11.6 Å². The topological polar surface area (TPSA) is 152 Å². The third-order valence-corrected chi connectivity index (χ3v) is 6.36. The number of hydrogen-bond acceptors (Lipinski definition) is 9. The number of azo groups is 1. The van der Waals surface area contributed by atoms with E-state index in [2.05, 4.69) is 10.2 Å². The van der Waals surface area contributed by atoms with Gasteiger partial charge in [0, 0.05) is 31.9 Å².